The van der Waals surface area contributed by atoms with Gasteiger partial charge in [-0.2, -0.15) is 0 Å². The van der Waals surface area contributed by atoms with Crippen LogP contribution in [0.2, 0.25) is 0 Å². The molecule has 4 rings (SSSR count). The summed E-state index contributed by atoms with van der Waals surface area (Å²) in [5.41, 5.74) is 7.26. The van der Waals surface area contributed by atoms with Crippen LogP contribution in [0.1, 0.15) is 34.7 Å². The molecule has 0 unspecified atom stereocenters. The number of fused-ring (bicyclic) bond motifs is 1. The third kappa shape index (κ3) is 1.75. The molecule has 0 aromatic heterocycles. The Bertz CT molecular complexity index is 648. The van der Waals surface area contributed by atoms with Crippen LogP contribution in [0.5, 0.6) is 0 Å². The first kappa shape index (κ1) is 12.0. The van der Waals surface area contributed by atoms with Crippen LogP contribution in [0.3, 0.4) is 0 Å². The highest BCUT2D eigenvalue weighted by atomic mass is 15.0. The van der Waals surface area contributed by atoms with E-state index in [1.165, 1.54) is 40.8 Å². The van der Waals surface area contributed by atoms with E-state index in [1.54, 1.807) is 0 Å². The topological polar surface area (TPSA) is 24.1 Å². The van der Waals surface area contributed by atoms with Gasteiger partial charge in [-0.1, -0.05) is 36.4 Å². The van der Waals surface area contributed by atoms with Crippen molar-refractivity contribution in [2.75, 3.05) is 12.4 Å². The number of aryl methyl sites for hydroxylation is 1. The summed E-state index contributed by atoms with van der Waals surface area (Å²) in [5.74, 6) is 0. The van der Waals surface area contributed by atoms with Gasteiger partial charge in [0, 0.05) is 11.7 Å². The first-order valence-corrected chi connectivity index (χ1v) is 7.49. The Morgan fingerprint density at radius 3 is 2.70 bits per heavy atom. The fraction of sp³-hybridized carbons (Fsp3) is 0.333. The molecule has 1 aliphatic heterocycles. The quantitative estimate of drug-likeness (QED) is 0.826. The number of anilines is 1. The number of likely N-dealkylation sites (N-methyl/N-ethyl adjacent to an activating group) is 1. The molecular formula is C18H20N2. The molecule has 0 saturated carbocycles. The van der Waals surface area contributed by atoms with Gasteiger partial charge in [0.1, 0.15) is 0 Å². The number of nitrogens with one attached hydrogen (secondary N) is 2. The molecular weight excluding hydrogens is 244 g/mol. The van der Waals surface area contributed by atoms with Crippen LogP contribution in [0.4, 0.5) is 5.69 Å². The van der Waals surface area contributed by atoms with E-state index in [1.807, 2.05) is 0 Å². The molecule has 2 aliphatic rings. The normalized spacial score (nSPS) is 23.2. The molecule has 1 aliphatic carbocycles. The summed E-state index contributed by atoms with van der Waals surface area (Å²) in [7, 11) is 2.08. The fourth-order valence-corrected chi connectivity index (χ4v) is 3.79. The summed E-state index contributed by atoms with van der Waals surface area (Å²) in [4.78, 5) is 0. The number of benzene rings is 2. The van der Waals surface area contributed by atoms with Gasteiger partial charge in [0.25, 0.3) is 0 Å². The van der Waals surface area contributed by atoms with Crippen molar-refractivity contribution in [2.24, 2.45) is 0 Å². The van der Waals surface area contributed by atoms with Crippen molar-refractivity contribution in [3.05, 3.63) is 64.7 Å². The Morgan fingerprint density at radius 1 is 1.00 bits per heavy atom. The summed E-state index contributed by atoms with van der Waals surface area (Å²) < 4.78 is 0. The maximum atomic E-state index is 3.80. The van der Waals surface area contributed by atoms with Crippen LogP contribution < -0.4 is 10.6 Å². The maximum absolute atomic E-state index is 3.80. The first-order valence-electron chi connectivity index (χ1n) is 7.49. The predicted molar refractivity (Wildman–Crippen MR) is 83.2 cm³/mol. The maximum Gasteiger partial charge on any atom is 0.0672 e. The van der Waals surface area contributed by atoms with Gasteiger partial charge in [0.2, 0.25) is 0 Å². The average Bonchev–Trinajstić information content (AvgIpc) is 2.66. The van der Waals surface area contributed by atoms with E-state index in [2.05, 4.69) is 60.1 Å². The number of rotatable bonds is 1. The molecule has 2 nitrogen and oxygen atoms in total. The number of para-hydroxylation sites is 1. The van der Waals surface area contributed by atoms with Crippen molar-refractivity contribution in [1.29, 1.82) is 0 Å². The van der Waals surface area contributed by atoms with Crippen molar-refractivity contribution in [1.82, 2.24) is 5.32 Å². The zero-order chi connectivity index (χ0) is 13.5. The minimum Gasteiger partial charge on any atom is -0.376 e. The van der Waals surface area contributed by atoms with Crippen molar-refractivity contribution in [3.8, 4) is 0 Å². The highest BCUT2D eigenvalue weighted by Crippen LogP contribution is 2.39. The van der Waals surface area contributed by atoms with Crippen LogP contribution in [-0.2, 0) is 12.8 Å². The molecule has 2 aromatic rings. The summed E-state index contributed by atoms with van der Waals surface area (Å²) in [6, 6.07) is 16.4. The summed E-state index contributed by atoms with van der Waals surface area (Å²) in [6.45, 7) is 0. The molecule has 2 aromatic carbocycles. The molecule has 20 heavy (non-hydrogen) atoms. The Labute approximate surface area is 120 Å². The molecule has 1 heterocycles. The van der Waals surface area contributed by atoms with E-state index in [0.29, 0.717) is 12.1 Å². The van der Waals surface area contributed by atoms with Crippen LogP contribution in [0.15, 0.2) is 42.5 Å². The molecule has 2 heteroatoms. The van der Waals surface area contributed by atoms with Crippen molar-refractivity contribution in [3.63, 3.8) is 0 Å². The van der Waals surface area contributed by atoms with Crippen LogP contribution >= 0.6 is 0 Å². The van der Waals surface area contributed by atoms with Crippen LogP contribution in [0.25, 0.3) is 0 Å². The lowest BCUT2D eigenvalue weighted by molar-refractivity contribution is 0.438. The van der Waals surface area contributed by atoms with Gasteiger partial charge in [-0.15, -0.1) is 0 Å². The zero-order valence-corrected chi connectivity index (χ0v) is 11.8. The van der Waals surface area contributed by atoms with Gasteiger partial charge in [-0.3, -0.25) is 0 Å². The lowest BCUT2D eigenvalue weighted by Crippen LogP contribution is -2.40. The van der Waals surface area contributed by atoms with Gasteiger partial charge in [0.15, 0.2) is 0 Å². The molecule has 0 saturated heterocycles. The van der Waals surface area contributed by atoms with E-state index >= 15 is 0 Å². The molecule has 2 atom stereocenters. The number of hydrogen-bond acceptors (Lipinski definition) is 2. The number of hydrogen-bond donors (Lipinski definition) is 2. The Hall–Kier alpha value is -1.80. The fourth-order valence-electron chi connectivity index (χ4n) is 3.79. The van der Waals surface area contributed by atoms with E-state index in [4.69, 9.17) is 0 Å². The van der Waals surface area contributed by atoms with Gasteiger partial charge >= 0.3 is 0 Å². The molecule has 0 radical (unpaired) electrons. The van der Waals surface area contributed by atoms with Crippen LogP contribution in [-0.4, -0.2) is 13.1 Å². The van der Waals surface area contributed by atoms with E-state index in [0.717, 1.165) is 6.42 Å². The smallest absolute Gasteiger partial charge is 0.0672 e. The lowest BCUT2D eigenvalue weighted by Gasteiger charge is -2.35. The highest BCUT2D eigenvalue weighted by molar-refractivity contribution is 5.60. The second-order valence-corrected chi connectivity index (χ2v) is 5.88. The van der Waals surface area contributed by atoms with E-state index < -0.39 is 0 Å². The second-order valence-electron chi connectivity index (χ2n) is 5.88. The molecule has 0 amide bonds. The molecule has 2 N–H and O–H groups in total. The largest absolute Gasteiger partial charge is 0.376 e. The van der Waals surface area contributed by atoms with Gasteiger partial charge < -0.3 is 10.6 Å². The molecule has 0 fully saturated rings. The summed E-state index contributed by atoms with van der Waals surface area (Å²) >= 11 is 0. The Morgan fingerprint density at radius 2 is 1.80 bits per heavy atom. The first-order chi connectivity index (χ1) is 9.86. The SMILES string of the molecule is CN[C@@H]1CCc2cccc3c2[C@@H]1Nc1ccccc1C3. The highest BCUT2D eigenvalue weighted by Gasteiger charge is 2.32. The zero-order valence-electron chi connectivity index (χ0n) is 11.8. The summed E-state index contributed by atoms with van der Waals surface area (Å²) in [5, 5.41) is 7.30. The lowest BCUT2D eigenvalue weighted by atomic mass is 9.81. The predicted octanol–water partition coefficient (Wildman–Crippen LogP) is 3.28. The minimum atomic E-state index is 0.392. The van der Waals surface area contributed by atoms with Crippen LogP contribution in [0, 0.1) is 0 Å². The minimum absolute atomic E-state index is 0.392. The van der Waals surface area contributed by atoms with Gasteiger partial charge in [0.05, 0.1) is 6.04 Å². The Balaban J connectivity index is 1.91. The third-order valence-corrected chi connectivity index (χ3v) is 4.80. The van der Waals surface area contributed by atoms with Gasteiger partial charge in [-0.25, -0.2) is 0 Å². The monoisotopic (exact) mass is 264 g/mol. The van der Waals surface area contributed by atoms with Crippen molar-refractivity contribution in [2.45, 2.75) is 31.3 Å². The Kier molecular flexibility index (Phi) is 2.78. The standard InChI is InChI=1S/C18H20N2/c1-19-16-10-9-12-6-4-7-14-11-13-5-2-3-8-15(13)20-18(16)17(12)14/h2-8,16,18-20H,9-11H2,1H3/t16-,18-/m1/s1. The second kappa shape index (κ2) is 4.64. The average molecular weight is 264 g/mol. The molecule has 102 valence electrons. The van der Waals surface area contributed by atoms with Crippen molar-refractivity contribution < 1.29 is 0 Å². The van der Waals surface area contributed by atoms with Crippen molar-refractivity contribution >= 4 is 5.69 Å². The molecule has 0 spiro atoms. The van der Waals surface area contributed by atoms with E-state index in [9.17, 15) is 0 Å². The summed E-state index contributed by atoms with van der Waals surface area (Å²) in [6.07, 6.45) is 3.43. The van der Waals surface area contributed by atoms with Gasteiger partial charge in [-0.05, 0) is 54.6 Å². The third-order valence-electron chi connectivity index (χ3n) is 4.80. The molecule has 0 bridgehead atoms. The van der Waals surface area contributed by atoms with E-state index in [-0.39, 0.29) is 0 Å².